The van der Waals surface area contributed by atoms with Crippen molar-refractivity contribution in [3.63, 3.8) is 0 Å². The Balaban J connectivity index is -0.0000000279. The van der Waals surface area contributed by atoms with Gasteiger partial charge in [0.1, 0.15) is 0 Å². The van der Waals surface area contributed by atoms with Crippen molar-refractivity contribution in [2.45, 2.75) is 71.1 Å². The third kappa shape index (κ3) is 59.0. The molecule has 0 spiro atoms. The van der Waals surface area contributed by atoms with Gasteiger partial charge in [-0.1, -0.05) is 13.3 Å². The number of halogens is 5. The van der Waals surface area contributed by atoms with Gasteiger partial charge in [0.25, 0.3) is 0 Å². The first kappa shape index (κ1) is 60.2. The second-order valence-corrected chi connectivity index (χ2v) is 6.13. The van der Waals surface area contributed by atoms with Crippen molar-refractivity contribution < 1.29 is 81.0 Å². The molecule has 0 aromatic heterocycles. The molecule has 4 rings (SSSR count). The Morgan fingerprint density at radius 2 is 0.562 bits per heavy atom. The molecule has 0 aromatic rings. The first-order valence-corrected chi connectivity index (χ1v) is 10.0. The van der Waals surface area contributed by atoms with E-state index in [1.54, 1.807) is 0 Å². The first-order valence-electron chi connectivity index (χ1n) is 10.0. The van der Waals surface area contributed by atoms with Crippen LogP contribution in [0.2, 0.25) is 0 Å². The molecule has 0 saturated carbocycles. The Morgan fingerprint density at radius 3 is 0.594 bits per heavy atom. The smallest absolute Gasteiger partial charge is 1.00 e. The summed E-state index contributed by atoms with van der Waals surface area (Å²) in [5.74, 6) is 0. The van der Waals surface area contributed by atoms with Crippen LogP contribution >= 0.6 is 0 Å². The van der Waals surface area contributed by atoms with Crippen LogP contribution in [0.3, 0.4) is 0 Å². The molecule has 0 amide bonds. The summed E-state index contributed by atoms with van der Waals surface area (Å²) in [5, 5.41) is 0. The molecule has 4 heterocycles. The van der Waals surface area contributed by atoms with Gasteiger partial charge in [-0.25, -0.2) is 0 Å². The van der Waals surface area contributed by atoms with Gasteiger partial charge >= 0.3 is 69.2 Å². The predicted molar refractivity (Wildman–Crippen MR) is 118 cm³/mol. The molecule has 0 aromatic carbocycles. The molecule has 186 valence electrons. The first-order chi connectivity index (χ1) is 11.9. The molecule has 0 radical (unpaired) electrons. The molecular formula is C20H41Cl5Mg3O4. The van der Waals surface area contributed by atoms with Gasteiger partial charge < -0.3 is 87.9 Å². The van der Waals surface area contributed by atoms with Gasteiger partial charge in [-0.15, -0.1) is 0 Å². The van der Waals surface area contributed by atoms with Crippen LogP contribution in [-0.4, -0.2) is 122 Å². The van der Waals surface area contributed by atoms with Gasteiger partial charge in [-0.3, -0.25) is 0 Å². The van der Waals surface area contributed by atoms with Crippen molar-refractivity contribution in [2.75, 3.05) is 52.9 Å². The topological polar surface area (TPSA) is 36.9 Å². The molecule has 0 atom stereocenters. The van der Waals surface area contributed by atoms with Gasteiger partial charge in [0.2, 0.25) is 0 Å². The fraction of sp³-hybridized carbons (Fsp3) is 0.950. The van der Waals surface area contributed by atoms with Crippen molar-refractivity contribution in [1.82, 2.24) is 0 Å². The molecule has 32 heavy (non-hydrogen) atoms. The molecule has 12 heteroatoms. The van der Waals surface area contributed by atoms with Crippen molar-refractivity contribution in [1.29, 1.82) is 0 Å². The van der Waals surface area contributed by atoms with Crippen LogP contribution in [0.15, 0.2) is 0 Å². The van der Waals surface area contributed by atoms with E-state index in [1.807, 2.05) is 0 Å². The Morgan fingerprint density at radius 1 is 0.438 bits per heavy atom. The summed E-state index contributed by atoms with van der Waals surface area (Å²) < 4.78 is 19.8. The van der Waals surface area contributed by atoms with E-state index >= 15 is 0 Å². The van der Waals surface area contributed by atoms with E-state index in [9.17, 15) is 0 Å². The zero-order valence-corrected chi connectivity index (χ0v) is 28.1. The molecule has 0 aliphatic carbocycles. The maximum atomic E-state index is 4.94. The second-order valence-electron chi connectivity index (χ2n) is 6.13. The average molecular weight is 596 g/mol. The fourth-order valence-corrected chi connectivity index (χ4v) is 2.04. The minimum Gasteiger partial charge on any atom is -1.00 e. The van der Waals surface area contributed by atoms with Crippen LogP contribution in [-0.2, 0) is 18.9 Å². The van der Waals surface area contributed by atoms with Crippen molar-refractivity contribution >= 4 is 69.2 Å². The zero-order chi connectivity index (χ0) is 17.6. The van der Waals surface area contributed by atoms with E-state index in [1.165, 1.54) is 57.8 Å². The van der Waals surface area contributed by atoms with Crippen LogP contribution in [0, 0.1) is 6.92 Å². The number of hydrogen-bond acceptors (Lipinski definition) is 4. The summed E-state index contributed by atoms with van der Waals surface area (Å²) in [6, 6.07) is 0. The summed E-state index contributed by atoms with van der Waals surface area (Å²) >= 11 is 0. The summed E-state index contributed by atoms with van der Waals surface area (Å²) in [5.41, 5.74) is 0. The molecule has 4 aliphatic rings. The molecule has 0 unspecified atom stereocenters. The van der Waals surface area contributed by atoms with Gasteiger partial charge in [0.05, 0.1) is 0 Å². The summed E-state index contributed by atoms with van der Waals surface area (Å²) in [4.78, 5) is 0. The second kappa shape index (κ2) is 59.6. The quantitative estimate of drug-likeness (QED) is 0.223. The third-order valence-corrected chi connectivity index (χ3v) is 3.66. The van der Waals surface area contributed by atoms with Crippen molar-refractivity contribution in [3.8, 4) is 0 Å². The van der Waals surface area contributed by atoms with Crippen LogP contribution < -0.4 is 62.0 Å². The largest absolute Gasteiger partial charge is 2.00 e. The minimum atomic E-state index is 0. The van der Waals surface area contributed by atoms with Gasteiger partial charge in [-0.05, 0) is 51.4 Å². The van der Waals surface area contributed by atoms with Crippen LogP contribution in [0.5, 0.6) is 0 Å². The Labute approximate surface area is 278 Å². The molecule has 4 saturated heterocycles. The molecular weight excluding hydrogens is 554 g/mol. The number of hydrogen-bond donors (Lipinski definition) is 0. The maximum absolute atomic E-state index is 4.94. The van der Waals surface area contributed by atoms with Crippen LogP contribution in [0.25, 0.3) is 0 Å². The van der Waals surface area contributed by atoms with Gasteiger partial charge in [0, 0.05) is 52.9 Å². The van der Waals surface area contributed by atoms with Gasteiger partial charge in [0.15, 0.2) is 0 Å². The standard InChI is InChI=1S/4C4H8O.C4H9.5ClH.3Mg/c4*1-2-4-5-3-1;1-3-4-2;;;;;;;;/h4*1-4H2;1,3-4H2,2H3;5*1H;;;/q;;;;-1;;;;;;3*+2/p-5. The third-order valence-electron chi connectivity index (χ3n) is 3.66. The summed E-state index contributed by atoms with van der Waals surface area (Å²) in [7, 11) is 0. The Kier molecular flexibility index (Phi) is 112. The van der Waals surface area contributed by atoms with Crippen LogP contribution in [0.4, 0.5) is 0 Å². The fourth-order valence-electron chi connectivity index (χ4n) is 2.04. The zero-order valence-electron chi connectivity index (χ0n) is 20.1. The molecule has 4 aliphatic heterocycles. The molecule has 4 fully saturated rings. The molecule has 0 N–H and O–H groups in total. The van der Waals surface area contributed by atoms with Crippen molar-refractivity contribution in [2.24, 2.45) is 0 Å². The maximum Gasteiger partial charge on any atom is 2.00 e. The van der Waals surface area contributed by atoms with E-state index in [2.05, 4.69) is 13.8 Å². The number of unbranched alkanes of at least 4 members (excludes halogenated alkanes) is 1. The normalized spacial score (nSPS) is 15.9. The SMILES string of the molecule is C1CCOC1.C1CCOC1.C1CCOC1.C1CCOC1.[CH2-]CCC.[Cl-].[Cl-].[Cl-].[Cl-].[Cl-].[Mg+2].[Mg+2].[Mg+2]. The minimum absolute atomic E-state index is 0. The summed E-state index contributed by atoms with van der Waals surface area (Å²) in [6.45, 7) is 13.7. The Bertz CT molecular complexity index is 157. The number of ether oxygens (including phenoxy) is 4. The van der Waals surface area contributed by atoms with Crippen LogP contribution in [0.1, 0.15) is 71.1 Å². The van der Waals surface area contributed by atoms with E-state index in [0.717, 1.165) is 59.3 Å². The van der Waals surface area contributed by atoms with E-state index in [-0.39, 0.29) is 131 Å². The number of rotatable bonds is 1. The monoisotopic (exact) mass is 592 g/mol. The molecule has 0 bridgehead atoms. The predicted octanol–water partition coefficient (Wildman–Crippen LogP) is -11.3. The van der Waals surface area contributed by atoms with E-state index in [0.29, 0.717) is 0 Å². The summed E-state index contributed by atoms with van der Waals surface area (Å²) in [6.07, 6.45) is 12.5. The van der Waals surface area contributed by atoms with E-state index < -0.39 is 0 Å². The van der Waals surface area contributed by atoms with E-state index in [4.69, 9.17) is 18.9 Å². The molecule has 4 nitrogen and oxygen atoms in total. The average Bonchev–Trinajstić information content (AvgIpc) is 3.47. The Hall–Kier alpha value is 3.59. The van der Waals surface area contributed by atoms with Gasteiger partial charge in [-0.2, -0.15) is 6.42 Å². The van der Waals surface area contributed by atoms with Crippen molar-refractivity contribution in [3.05, 3.63) is 6.92 Å².